The van der Waals surface area contributed by atoms with Crippen LogP contribution in [0.2, 0.25) is 0 Å². The van der Waals surface area contributed by atoms with E-state index in [0.29, 0.717) is 6.54 Å². The lowest BCUT2D eigenvalue weighted by Gasteiger charge is -2.30. The molecule has 1 fully saturated rings. The van der Waals surface area contributed by atoms with Crippen molar-refractivity contribution in [2.24, 2.45) is 0 Å². The summed E-state index contributed by atoms with van der Waals surface area (Å²) >= 11 is 0. The molecule has 0 saturated heterocycles. The standard InChI is InChI=1S/C18H28N2O3S/c1-15-8-7-11-18(14-15)24(22,23)19-12-13-20(16(2)21)17-9-5-3-4-6-10-17/h7-8,11,14,17,19H,3-6,9-10,12-13H2,1-2H3. The molecule has 6 heteroatoms. The van der Waals surface area contributed by atoms with Gasteiger partial charge in [0.15, 0.2) is 0 Å². The zero-order valence-electron chi connectivity index (χ0n) is 14.6. The van der Waals surface area contributed by atoms with Gasteiger partial charge in [-0.25, -0.2) is 13.1 Å². The zero-order valence-corrected chi connectivity index (χ0v) is 15.4. The van der Waals surface area contributed by atoms with Gasteiger partial charge in [0.05, 0.1) is 4.90 Å². The normalized spacial score (nSPS) is 16.6. The summed E-state index contributed by atoms with van der Waals surface area (Å²) in [6.07, 6.45) is 6.77. The summed E-state index contributed by atoms with van der Waals surface area (Å²) in [6, 6.07) is 7.08. The molecule has 0 unspecified atom stereocenters. The highest BCUT2D eigenvalue weighted by atomic mass is 32.2. The predicted octanol–water partition coefficient (Wildman–Crippen LogP) is 2.84. The third-order valence-electron chi connectivity index (χ3n) is 4.61. The second-order valence-corrected chi connectivity index (χ2v) is 8.34. The number of carbonyl (C=O) groups excluding carboxylic acids is 1. The zero-order chi connectivity index (χ0) is 17.6. The van der Waals surface area contributed by atoms with E-state index in [-0.39, 0.29) is 23.4 Å². The quantitative estimate of drug-likeness (QED) is 0.801. The fourth-order valence-corrected chi connectivity index (χ4v) is 4.46. The van der Waals surface area contributed by atoms with Crippen molar-refractivity contribution in [2.75, 3.05) is 13.1 Å². The second-order valence-electron chi connectivity index (χ2n) is 6.57. The molecule has 1 amide bonds. The van der Waals surface area contributed by atoms with Crippen molar-refractivity contribution < 1.29 is 13.2 Å². The minimum absolute atomic E-state index is 0.0247. The smallest absolute Gasteiger partial charge is 0.240 e. The summed E-state index contributed by atoms with van der Waals surface area (Å²) in [7, 11) is -3.53. The Morgan fingerprint density at radius 2 is 1.88 bits per heavy atom. The molecule has 0 aromatic heterocycles. The monoisotopic (exact) mass is 352 g/mol. The molecule has 5 nitrogen and oxygen atoms in total. The Labute approximate surface area is 145 Å². The van der Waals surface area contributed by atoms with E-state index in [1.807, 2.05) is 17.9 Å². The van der Waals surface area contributed by atoms with E-state index in [4.69, 9.17) is 0 Å². The molecule has 0 bridgehead atoms. The first kappa shape index (κ1) is 18.9. The maximum atomic E-state index is 12.4. The summed E-state index contributed by atoms with van der Waals surface area (Å²) in [6.45, 7) is 4.10. The lowest BCUT2D eigenvalue weighted by Crippen LogP contribution is -2.43. The largest absolute Gasteiger partial charge is 0.339 e. The Morgan fingerprint density at radius 1 is 1.21 bits per heavy atom. The van der Waals surface area contributed by atoms with Gasteiger partial charge in [-0.05, 0) is 37.5 Å². The summed E-state index contributed by atoms with van der Waals surface area (Å²) in [5.41, 5.74) is 0.904. The van der Waals surface area contributed by atoms with Crippen molar-refractivity contribution in [1.82, 2.24) is 9.62 Å². The Kier molecular flexibility index (Phi) is 6.80. The van der Waals surface area contributed by atoms with Crippen molar-refractivity contribution in [3.05, 3.63) is 29.8 Å². The fourth-order valence-electron chi connectivity index (χ4n) is 3.33. The van der Waals surface area contributed by atoms with E-state index >= 15 is 0 Å². The molecular formula is C18H28N2O3S. The predicted molar refractivity (Wildman–Crippen MR) is 95.2 cm³/mol. The van der Waals surface area contributed by atoms with Crippen LogP contribution in [-0.4, -0.2) is 38.4 Å². The van der Waals surface area contributed by atoms with Crippen molar-refractivity contribution in [2.45, 2.75) is 63.3 Å². The molecule has 0 spiro atoms. The van der Waals surface area contributed by atoms with Crippen LogP contribution < -0.4 is 4.72 Å². The van der Waals surface area contributed by atoms with E-state index in [9.17, 15) is 13.2 Å². The summed E-state index contributed by atoms with van der Waals surface area (Å²) < 4.78 is 27.3. The number of carbonyl (C=O) groups is 1. The molecule has 0 heterocycles. The van der Waals surface area contributed by atoms with Gasteiger partial charge in [0.25, 0.3) is 0 Å². The molecule has 1 aromatic rings. The van der Waals surface area contributed by atoms with Gasteiger partial charge in [0.2, 0.25) is 15.9 Å². The van der Waals surface area contributed by atoms with E-state index < -0.39 is 10.0 Å². The molecule has 1 N–H and O–H groups in total. The SMILES string of the molecule is CC(=O)N(CCNS(=O)(=O)c1cccc(C)c1)C1CCCCCC1. The van der Waals surface area contributed by atoms with Crippen LogP contribution in [0.1, 0.15) is 51.0 Å². The van der Waals surface area contributed by atoms with Gasteiger partial charge in [-0.3, -0.25) is 4.79 Å². The number of aryl methyl sites for hydroxylation is 1. The van der Waals surface area contributed by atoms with E-state index in [0.717, 1.165) is 31.2 Å². The van der Waals surface area contributed by atoms with Crippen LogP contribution in [0.5, 0.6) is 0 Å². The number of hydrogen-bond donors (Lipinski definition) is 1. The molecule has 134 valence electrons. The van der Waals surface area contributed by atoms with Crippen LogP contribution in [0.25, 0.3) is 0 Å². The number of nitrogens with zero attached hydrogens (tertiary/aromatic N) is 1. The van der Waals surface area contributed by atoms with Gasteiger partial charge in [-0.15, -0.1) is 0 Å². The highest BCUT2D eigenvalue weighted by Crippen LogP contribution is 2.22. The maximum Gasteiger partial charge on any atom is 0.240 e. The Bertz CT molecular complexity index is 650. The molecule has 0 aliphatic heterocycles. The van der Waals surface area contributed by atoms with Gasteiger partial charge >= 0.3 is 0 Å². The topological polar surface area (TPSA) is 66.5 Å². The first-order chi connectivity index (χ1) is 11.4. The Morgan fingerprint density at radius 3 is 2.46 bits per heavy atom. The molecule has 0 atom stereocenters. The van der Waals surface area contributed by atoms with E-state index in [2.05, 4.69) is 4.72 Å². The van der Waals surface area contributed by atoms with Gasteiger partial charge in [0.1, 0.15) is 0 Å². The van der Waals surface area contributed by atoms with Crippen LogP contribution in [-0.2, 0) is 14.8 Å². The first-order valence-corrected chi connectivity index (χ1v) is 10.2. The number of hydrogen-bond acceptors (Lipinski definition) is 3. The lowest BCUT2D eigenvalue weighted by atomic mass is 10.1. The molecule has 2 rings (SSSR count). The van der Waals surface area contributed by atoms with Crippen LogP contribution in [0, 0.1) is 6.92 Å². The van der Waals surface area contributed by atoms with Crippen LogP contribution >= 0.6 is 0 Å². The van der Waals surface area contributed by atoms with Crippen LogP contribution in [0.3, 0.4) is 0 Å². The second kappa shape index (κ2) is 8.62. The van der Waals surface area contributed by atoms with Gasteiger partial charge in [-0.2, -0.15) is 0 Å². The molecule has 0 radical (unpaired) electrons. The summed E-state index contributed by atoms with van der Waals surface area (Å²) in [4.78, 5) is 14.1. The van der Waals surface area contributed by atoms with Crippen molar-refractivity contribution in [1.29, 1.82) is 0 Å². The molecule has 1 saturated carbocycles. The Hall–Kier alpha value is -1.40. The molecule has 1 aliphatic carbocycles. The van der Waals surface area contributed by atoms with Crippen LogP contribution in [0.15, 0.2) is 29.2 Å². The number of sulfonamides is 1. The fraction of sp³-hybridized carbons (Fsp3) is 0.611. The number of amides is 1. The summed E-state index contributed by atoms with van der Waals surface area (Å²) in [5.74, 6) is 0.0247. The van der Waals surface area contributed by atoms with Crippen LogP contribution in [0.4, 0.5) is 0 Å². The highest BCUT2D eigenvalue weighted by Gasteiger charge is 2.22. The van der Waals surface area contributed by atoms with Gasteiger partial charge in [0, 0.05) is 26.1 Å². The average Bonchev–Trinajstić information content (AvgIpc) is 2.80. The minimum atomic E-state index is -3.53. The number of nitrogens with one attached hydrogen (secondary N) is 1. The van der Waals surface area contributed by atoms with Crippen molar-refractivity contribution in [3.8, 4) is 0 Å². The highest BCUT2D eigenvalue weighted by molar-refractivity contribution is 7.89. The number of benzene rings is 1. The third-order valence-corrected chi connectivity index (χ3v) is 6.07. The molecule has 1 aromatic carbocycles. The minimum Gasteiger partial charge on any atom is -0.339 e. The van der Waals surface area contributed by atoms with E-state index in [1.165, 1.54) is 12.8 Å². The first-order valence-electron chi connectivity index (χ1n) is 8.74. The van der Waals surface area contributed by atoms with E-state index in [1.54, 1.807) is 25.1 Å². The molecule has 24 heavy (non-hydrogen) atoms. The van der Waals surface area contributed by atoms with Gasteiger partial charge < -0.3 is 4.90 Å². The number of rotatable bonds is 6. The molecular weight excluding hydrogens is 324 g/mol. The van der Waals surface area contributed by atoms with Crippen molar-refractivity contribution >= 4 is 15.9 Å². The third kappa shape index (κ3) is 5.31. The molecule has 1 aliphatic rings. The lowest BCUT2D eigenvalue weighted by molar-refractivity contribution is -0.131. The van der Waals surface area contributed by atoms with Gasteiger partial charge in [-0.1, -0.05) is 37.8 Å². The maximum absolute atomic E-state index is 12.4. The van der Waals surface area contributed by atoms with Crippen molar-refractivity contribution in [3.63, 3.8) is 0 Å². The average molecular weight is 353 g/mol. The Balaban J connectivity index is 1.95. The summed E-state index contributed by atoms with van der Waals surface area (Å²) in [5, 5.41) is 0.